The average molecular weight is 232 g/mol. The predicted octanol–water partition coefficient (Wildman–Crippen LogP) is -0.387. The first kappa shape index (κ1) is 13.5. The Labute approximate surface area is 87.9 Å². The Morgan fingerprint density at radius 2 is 2.07 bits per heavy atom. The van der Waals surface area contributed by atoms with Crippen LogP contribution in [0.2, 0.25) is 0 Å². The molecule has 0 aromatic carbocycles. The summed E-state index contributed by atoms with van der Waals surface area (Å²) in [5.74, 6) is -0.348. The van der Waals surface area contributed by atoms with Crippen molar-refractivity contribution in [2.24, 2.45) is 5.73 Å². The number of hydrogen-bond acceptors (Lipinski definition) is 4. The summed E-state index contributed by atoms with van der Waals surface area (Å²) in [4.78, 5) is 14.3. The second-order valence-corrected chi connectivity index (χ2v) is 4.16. The fraction of sp³-hybridized carbons (Fsp3) is 0.250. The lowest BCUT2D eigenvalue weighted by atomic mass is 10.3. The van der Waals surface area contributed by atoms with Crippen molar-refractivity contribution in [2.75, 3.05) is 6.26 Å². The zero-order valence-electron chi connectivity index (χ0n) is 8.12. The molecule has 6 nitrogen and oxygen atoms in total. The number of carbonyl (C=O) groups is 1. The van der Waals surface area contributed by atoms with Gasteiger partial charge in [-0.2, -0.15) is 8.42 Å². The molecule has 1 heterocycles. The minimum atomic E-state index is -3.67. The van der Waals surface area contributed by atoms with E-state index in [2.05, 4.69) is 4.98 Å². The molecule has 1 rings (SSSR count). The van der Waals surface area contributed by atoms with E-state index in [0.29, 0.717) is 6.26 Å². The van der Waals surface area contributed by atoms with Gasteiger partial charge in [-0.1, -0.05) is 6.07 Å². The molecule has 0 spiro atoms. The van der Waals surface area contributed by atoms with Crippen LogP contribution in [0.1, 0.15) is 5.69 Å². The summed E-state index contributed by atoms with van der Waals surface area (Å²) in [6, 6.07) is 5.39. The SMILES string of the molecule is CS(=O)(=O)O.NC(=O)Cc1ccccn1. The number of aromatic nitrogens is 1. The van der Waals surface area contributed by atoms with Gasteiger partial charge in [0.15, 0.2) is 0 Å². The Hall–Kier alpha value is -1.47. The number of nitrogens with zero attached hydrogens (tertiary/aromatic N) is 1. The monoisotopic (exact) mass is 232 g/mol. The van der Waals surface area contributed by atoms with Gasteiger partial charge in [0.1, 0.15) is 0 Å². The Morgan fingerprint density at radius 1 is 1.53 bits per heavy atom. The van der Waals surface area contributed by atoms with Gasteiger partial charge in [-0.05, 0) is 12.1 Å². The third-order valence-electron chi connectivity index (χ3n) is 1.08. The van der Waals surface area contributed by atoms with Crippen LogP contribution in [0.5, 0.6) is 0 Å². The van der Waals surface area contributed by atoms with E-state index in [9.17, 15) is 13.2 Å². The second kappa shape index (κ2) is 6.10. The lowest BCUT2D eigenvalue weighted by Crippen LogP contribution is -2.14. The molecule has 0 saturated carbocycles. The second-order valence-electron chi connectivity index (χ2n) is 2.70. The van der Waals surface area contributed by atoms with Gasteiger partial charge in [-0.3, -0.25) is 14.3 Å². The summed E-state index contributed by atoms with van der Waals surface area (Å²) in [6.45, 7) is 0. The molecule has 1 amide bonds. The highest BCUT2D eigenvalue weighted by Gasteiger charge is 1.95. The first-order chi connectivity index (χ1) is 6.79. The number of pyridine rings is 1. The Morgan fingerprint density at radius 3 is 2.40 bits per heavy atom. The lowest BCUT2D eigenvalue weighted by Gasteiger charge is -1.92. The van der Waals surface area contributed by atoms with E-state index in [1.54, 1.807) is 18.3 Å². The van der Waals surface area contributed by atoms with E-state index < -0.39 is 10.1 Å². The van der Waals surface area contributed by atoms with Crippen LogP contribution in [0.25, 0.3) is 0 Å². The highest BCUT2D eigenvalue weighted by Crippen LogP contribution is 1.92. The number of amides is 1. The molecule has 84 valence electrons. The fourth-order valence-corrected chi connectivity index (χ4v) is 0.681. The van der Waals surface area contributed by atoms with Crippen LogP contribution in [0.3, 0.4) is 0 Å². The Kier molecular flexibility index (Phi) is 5.50. The van der Waals surface area contributed by atoms with E-state index >= 15 is 0 Å². The minimum Gasteiger partial charge on any atom is -0.369 e. The van der Waals surface area contributed by atoms with Gasteiger partial charge in [0.05, 0.1) is 12.7 Å². The van der Waals surface area contributed by atoms with Crippen molar-refractivity contribution in [3.63, 3.8) is 0 Å². The van der Waals surface area contributed by atoms with E-state index in [-0.39, 0.29) is 12.3 Å². The van der Waals surface area contributed by atoms with Gasteiger partial charge < -0.3 is 5.73 Å². The average Bonchev–Trinajstić information content (AvgIpc) is 2.01. The van der Waals surface area contributed by atoms with Crippen LogP contribution in [-0.2, 0) is 21.3 Å². The molecule has 0 bridgehead atoms. The molecule has 1 aromatic rings. The Bertz CT molecular complexity index is 394. The molecule has 0 unspecified atom stereocenters. The van der Waals surface area contributed by atoms with Crippen LogP contribution < -0.4 is 5.73 Å². The van der Waals surface area contributed by atoms with Crippen molar-refractivity contribution in [3.05, 3.63) is 30.1 Å². The highest BCUT2D eigenvalue weighted by atomic mass is 32.2. The summed E-state index contributed by atoms with van der Waals surface area (Å²) < 4.78 is 25.9. The van der Waals surface area contributed by atoms with Gasteiger partial charge in [-0.25, -0.2) is 0 Å². The molecule has 3 N–H and O–H groups in total. The molecule has 0 aliphatic rings. The van der Waals surface area contributed by atoms with Gasteiger partial charge in [0, 0.05) is 11.9 Å². The van der Waals surface area contributed by atoms with Crippen molar-refractivity contribution < 1.29 is 17.8 Å². The third-order valence-corrected chi connectivity index (χ3v) is 1.08. The van der Waals surface area contributed by atoms with Crippen molar-refractivity contribution in [1.82, 2.24) is 4.98 Å². The topological polar surface area (TPSA) is 110 Å². The predicted molar refractivity (Wildman–Crippen MR) is 54.6 cm³/mol. The summed E-state index contributed by atoms with van der Waals surface area (Å²) in [7, 11) is -3.67. The van der Waals surface area contributed by atoms with Gasteiger partial charge >= 0.3 is 0 Å². The zero-order chi connectivity index (χ0) is 11.9. The summed E-state index contributed by atoms with van der Waals surface area (Å²) >= 11 is 0. The van der Waals surface area contributed by atoms with Crippen molar-refractivity contribution >= 4 is 16.0 Å². The first-order valence-corrected chi connectivity index (χ1v) is 5.74. The maximum Gasteiger partial charge on any atom is 0.261 e. The number of hydrogen-bond donors (Lipinski definition) is 2. The highest BCUT2D eigenvalue weighted by molar-refractivity contribution is 7.85. The van der Waals surface area contributed by atoms with Crippen LogP contribution in [0.4, 0.5) is 0 Å². The van der Waals surface area contributed by atoms with E-state index in [4.69, 9.17) is 10.3 Å². The standard InChI is InChI=1S/C7H8N2O.CH4O3S/c8-7(10)5-6-3-1-2-4-9-6;1-5(2,3)4/h1-4H,5H2,(H2,8,10);1H3,(H,2,3,4). The summed E-state index contributed by atoms with van der Waals surface area (Å²) in [6.07, 6.45) is 2.58. The van der Waals surface area contributed by atoms with E-state index in [0.717, 1.165) is 5.69 Å². The van der Waals surface area contributed by atoms with Gasteiger partial charge in [0.25, 0.3) is 10.1 Å². The molecular formula is C8H12N2O4S. The first-order valence-electron chi connectivity index (χ1n) is 3.89. The zero-order valence-corrected chi connectivity index (χ0v) is 8.94. The molecule has 15 heavy (non-hydrogen) atoms. The van der Waals surface area contributed by atoms with E-state index in [1.807, 2.05) is 6.07 Å². The normalized spacial score (nSPS) is 10.0. The summed E-state index contributed by atoms with van der Waals surface area (Å²) in [5.41, 5.74) is 5.66. The largest absolute Gasteiger partial charge is 0.369 e. The van der Waals surface area contributed by atoms with E-state index in [1.165, 1.54) is 0 Å². The molecule has 0 aliphatic heterocycles. The quantitative estimate of drug-likeness (QED) is 0.675. The molecule has 0 aliphatic carbocycles. The van der Waals surface area contributed by atoms with Crippen molar-refractivity contribution in [3.8, 4) is 0 Å². The van der Waals surface area contributed by atoms with Crippen LogP contribution in [0.15, 0.2) is 24.4 Å². The van der Waals surface area contributed by atoms with Gasteiger partial charge in [0.2, 0.25) is 5.91 Å². The smallest absolute Gasteiger partial charge is 0.261 e. The number of primary amides is 1. The lowest BCUT2D eigenvalue weighted by molar-refractivity contribution is -0.117. The van der Waals surface area contributed by atoms with Gasteiger partial charge in [-0.15, -0.1) is 0 Å². The molecule has 0 atom stereocenters. The van der Waals surface area contributed by atoms with Crippen LogP contribution >= 0.6 is 0 Å². The number of nitrogens with two attached hydrogens (primary N) is 1. The molecule has 0 saturated heterocycles. The molecular weight excluding hydrogens is 220 g/mol. The maximum atomic E-state index is 10.4. The molecule has 0 fully saturated rings. The Balaban J connectivity index is 0.000000336. The van der Waals surface area contributed by atoms with Crippen molar-refractivity contribution in [2.45, 2.75) is 6.42 Å². The van der Waals surface area contributed by atoms with Crippen LogP contribution in [-0.4, -0.2) is 30.1 Å². The molecule has 0 radical (unpaired) electrons. The minimum absolute atomic E-state index is 0.223. The van der Waals surface area contributed by atoms with Crippen molar-refractivity contribution in [1.29, 1.82) is 0 Å². The number of rotatable bonds is 2. The molecule has 1 aromatic heterocycles. The number of carbonyl (C=O) groups excluding carboxylic acids is 1. The summed E-state index contributed by atoms with van der Waals surface area (Å²) in [5, 5.41) is 0. The maximum absolute atomic E-state index is 10.4. The fourth-order valence-electron chi connectivity index (χ4n) is 0.681. The van der Waals surface area contributed by atoms with Crippen LogP contribution in [0, 0.1) is 0 Å². The third kappa shape index (κ3) is 12.5. The molecule has 7 heteroatoms.